The van der Waals surface area contributed by atoms with Crippen molar-refractivity contribution >= 4 is 42.3 Å². The first-order chi connectivity index (χ1) is 12.6. The summed E-state index contributed by atoms with van der Waals surface area (Å²) < 4.78 is 2.97. The van der Waals surface area contributed by atoms with E-state index in [-0.39, 0.29) is 0 Å². The molecule has 140 valence electrons. The Morgan fingerprint density at radius 1 is 0.296 bits per heavy atom. The molecule has 1 heterocycles. The van der Waals surface area contributed by atoms with E-state index in [0.29, 0.717) is 0 Å². The van der Waals surface area contributed by atoms with Crippen LogP contribution >= 0.6 is 11.3 Å². The Morgan fingerprint density at radius 2 is 0.630 bits per heavy atom. The standard InChI is InChI=1S/C26H30S/c1-11-12(2)16(6)22-21(15(11)5)18(8)20(10)26-24(22)23-17(7)13(3)14(4)19(9)25(23)27-26/h1-10H3. The lowest BCUT2D eigenvalue weighted by Crippen LogP contribution is -1.98. The lowest BCUT2D eigenvalue weighted by Gasteiger charge is -2.19. The average Bonchev–Trinajstić information content (AvgIpc) is 3.04. The molecule has 3 aromatic carbocycles. The maximum atomic E-state index is 2.32. The van der Waals surface area contributed by atoms with Crippen molar-refractivity contribution in [1.29, 1.82) is 0 Å². The van der Waals surface area contributed by atoms with Crippen LogP contribution in [-0.2, 0) is 0 Å². The molecule has 0 atom stereocenters. The predicted molar refractivity (Wildman–Crippen MR) is 124 cm³/mol. The molecule has 0 aliphatic rings. The summed E-state index contributed by atoms with van der Waals surface area (Å²) in [6.07, 6.45) is 0. The first-order valence-corrected chi connectivity index (χ1v) is 10.7. The summed E-state index contributed by atoms with van der Waals surface area (Å²) in [4.78, 5) is 0. The highest BCUT2D eigenvalue weighted by molar-refractivity contribution is 7.26. The van der Waals surface area contributed by atoms with Gasteiger partial charge in [-0.05, 0) is 136 Å². The zero-order valence-electron chi connectivity index (χ0n) is 18.4. The summed E-state index contributed by atoms with van der Waals surface area (Å²) >= 11 is 2.01. The van der Waals surface area contributed by atoms with Crippen molar-refractivity contribution in [3.05, 3.63) is 55.6 Å². The van der Waals surface area contributed by atoms with Gasteiger partial charge in [-0.15, -0.1) is 11.3 Å². The number of aryl methyl sites for hydroxylation is 6. The van der Waals surface area contributed by atoms with Crippen molar-refractivity contribution in [2.75, 3.05) is 0 Å². The second-order valence-corrected chi connectivity index (χ2v) is 9.53. The van der Waals surface area contributed by atoms with Gasteiger partial charge in [-0.3, -0.25) is 0 Å². The topological polar surface area (TPSA) is 0 Å². The molecule has 0 spiro atoms. The van der Waals surface area contributed by atoms with Crippen molar-refractivity contribution in [2.45, 2.75) is 69.2 Å². The normalized spacial score (nSPS) is 12.1. The summed E-state index contributed by atoms with van der Waals surface area (Å²) in [6.45, 7) is 23.0. The third kappa shape index (κ3) is 2.15. The second kappa shape index (κ2) is 5.82. The number of hydrogen-bond acceptors (Lipinski definition) is 1. The van der Waals surface area contributed by atoms with Crippen molar-refractivity contribution in [1.82, 2.24) is 0 Å². The Hall–Kier alpha value is -1.86. The monoisotopic (exact) mass is 374 g/mol. The van der Waals surface area contributed by atoms with Crippen molar-refractivity contribution in [3.63, 3.8) is 0 Å². The van der Waals surface area contributed by atoms with Crippen LogP contribution in [0.1, 0.15) is 55.6 Å². The maximum absolute atomic E-state index is 2.32. The van der Waals surface area contributed by atoms with Gasteiger partial charge in [-0.25, -0.2) is 0 Å². The molecule has 0 bridgehead atoms. The minimum Gasteiger partial charge on any atom is -0.135 e. The van der Waals surface area contributed by atoms with Gasteiger partial charge >= 0.3 is 0 Å². The van der Waals surface area contributed by atoms with E-state index in [1.165, 1.54) is 86.6 Å². The summed E-state index contributed by atoms with van der Waals surface area (Å²) in [5.41, 5.74) is 14.5. The van der Waals surface area contributed by atoms with E-state index >= 15 is 0 Å². The molecule has 27 heavy (non-hydrogen) atoms. The van der Waals surface area contributed by atoms with Crippen LogP contribution < -0.4 is 0 Å². The highest BCUT2D eigenvalue weighted by atomic mass is 32.1. The lowest BCUT2D eigenvalue weighted by atomic mass is 9.84. The van der Waals surface area contributed by atoms with Gasteiger partial charge in [0.25, 0.3) is 0 Å². The van der Waals surface area contributed by atoms with Crippen LogP contribution in [0.25, 0.3) is 30.9 Å². The molecule has 1 aromatic heterocycles. The summed E-state index contributed by atoms with van der Waals surface area (Å²) in [6, 6.07) is 0. The average molecular weight is 375 g/mol. The minimum atomic E-state index is 1.45. The van der Waals surface area contributed by atoms with Gasteiger partial charge in [0.1, 0.15) is 0 Å². The van der Waals surface area contributed by atoms with E-state index in [9.17, 15) is 0 Å². The Morgan fingerprint density at radius 3 is 1.19 bits per heavy atom. The highest BCUT2D eigenvalue weighted by Crippen LogP contribution is 2.48. The van der Waals surface area contributed by atoms with Gasteiger partial charge in [-0.1, -0.05) is 0 Å². The Bertz CT molecular complexity index is 1300. The molecule has 0 N–H and O–H groups in total. The third-order valence-corrected chi connectivity index (χ3v) is 8.96. The number of fused-ring (bicyclic) bond motifs is 5. The van der Waals surface area contributed by atoms with Gasteiger partial charge in [0.15, 0.2) is 0 Å². The molecular weight excluding hydrogens is 344 g/mol. The van der Waals surface area contributed by atoms with Gasteiger partial charge < -0.3 is 0 Å². The van der Waals surface area contributed by atoms with Crippen molar-refractivity contribution in [3.8, 4) is 0 Å². The smallest absolute Gasteiger partial charge is 0.0394 e. The fourth-order valence-electron chi connectivity index (χ4n) is 4.93. The van der Waals surface area contributed by atoms with Crippen LogP contribution in [0.2, 0.25) is 0 Å². The molecule has 4 aromatic rings. The fourth-order valence-corrected chi connectivity index (χ4v) is 6.41. The lowest BCUT2D eigenvalue weighted by molar-refractivity contribution is 1.24. The number of benzene rings is 3. The molecule has 4 rings (SSSR count). The molecule has 0 aliphatic heterocycles. The molecule has 0 amide bonds. The van der Waals surface area contributed by atoms with Crippen LogP contribution in [0.5, 0.6) is 0 Å². The Labute approximate surface area is 167 Å². The Kier molecular flexibility index (Phi) is 3.99. The third-order valence-electron chi connectivity index (χ3n) is 7.53. The van der Waals surface area contributed by atoms with Crippen LogP contribution in [0.15, 0.2) is 0 Å². The van der Waals surface area contributed by atoms with Crippen LogP contribution in [0.3, 0.4) is 0 Å². The van der Waals surface area contributed by atoms with E-state index in [2.05, 4.69) is 69.2 Å². The van der Waals surface area contributed by atoms with Gasteiger partial charge in [0, 0.05) is 20.2 Å². The second-order valence-electron chi connectivity index (χ2n) is 8.51. The molecule has 0 saturated carbocycles. The molecule has 0 radical (unpaired) electrons. The first-order valence-electron chi connectivity index (χ1n) is 9.91. The minimum absolute atomic E-state index is 1.45. The van der Waals surface area contributed by atoms with Crippen molar-refractivity contribution in [2.24, 2.45) is 0 Å². The van der Waals surface area contributed by atoms with E-state index in [1.807, 2.05) is 11.3 Å². The van der Waals surface area contributed by atoms with E-state index in [1.54, 1.807) is 0 Å². The van der Waals surface area contributed by atoms with E-state index in [4.69, 9.17) is 0 Å². The quantitative estimate of drug-likeness (QED) is 0.290. The van der Waals surface area contributed by atoms with Crippen LogP contribution in [-0.4, -0.2) is 0 Å². The van der Waals surface area contributed by atoms with Crippen LogP contribution in [0.4, 0.5) is 0 Å². The predicted octanol–water partition coefficient (Wildman–Crippen LogP) is 8.29. The molecular formula is C26H30S. The zero-order valence-corrected chi connectivity index (χ0v) is 19.2. The molecule has 0 fully saturated rings. The number of thiophene rings is 1. The number of hydrogen-bond donors (Lipinski definition) is 0. The molecule has 1 heteroatoms. The van der Waals surface area contributed by atoms with Crippen molar-refractivity contribution < 1.29 is 0 Å². The van der Waals surface area contributed by atoms with E-state index in [0.717, 1.165) is 0 Å². The highest BCUT2D eigenvalue weighted by Gasteiger charge is 2.22. The first kappa shape index (κ1) is 18.5. The van der Waals surface area contributed by atoms with Gasteiger partial charge in [0.05, 0.1) is 0 Å². The Balaban J connectivity index is 2.51. The van der Waals surface area contributed by atoms with Gasteiger partial charge in [0.2, 0.25) is 0 Å². The molecule has 0 nitrogen and oxygen atoms in total. The molecule has 0 saturated heterocycles. The summed E-state index contributed by atoms with van der Waals surface area (Å²) in [7, 11) is 0. The largest absolute Gasteiger partial charge is 0.135 e. The zero-order chi connectivity index (χ0) is 19.9. The van der Waals surface area contributed by atoms with E-state index < -0.39 is 0 Å². The van der Waals surface area contributed by atoms with Gasteiger partial charge in [-0.2, -0.15) is 0 Å². The van der Waals surface area contributed by atoms with Crippen LogP contribution in [0, 0.1) is 69.2 Å². The molecule has 0 unspecified atom stereocenters. The SMILES string of the molecule is Cc1c(C)c(C)c2c(sc3c(C)c(C)c4c(C)c(C)c(C)c(C)c4c32)c1C. The number of rotatable bonds is 0. The fraction of sp³-hybridized carbons (Fsp3) is 0.385. The summed E-state index contributed by atoms with van der Waals surface area (Å²) in [5.74, 6) is 0. The summed E-state index contributed by atoms with van der Waals surface area (Å²) in [5, 5.41) is 5.97. The molecule has 0 aliphatic carbocycles. The maximum Gasteiger partial charge on any atom is 0.0394 e.